The molecule has 0 heterocycles. The van der Waals surface area contributed by atoms with Crippen molar-refractivity contribution < 1.29 is 36.9 Å². The summed E-state index contributed by atoms with van der Waals surface area (Å²) in [4.78, 5) is 8.56. The zero-order chi connectivity index (χ0) is 7.15. The van der Waals surface area contributed by atoms with Crippen LogP contribution in [0.3, 0.4) is 0 Å². The van der Waals surface area contributed by atoms with Crippen LogP contribution in [0.4, 0.5) is 4.79 Å². The molecule has 15 N–H and O–H groups in total. The van der Waals surface area contributed by atoms with Crippen LogP contribution in [0, 0.1) is 5.41 Å². The summed E-state index contributed by atoms with van der Waals surface area (Å²) >= 11 is 0. The van der Waals surface area contributed by atoms with Crippen molar-refractivity contribution in [1.82, 2.24) is 0 Å². The monoisotopic (exact) mass is 193 g/mol. The van der Waals surface area contributed by atoms with E-state index in [1.54, 1.807) is 0 Å². The molecule has 0 fully saturated rings. The Bertz CT molecular complexity index is 74.7. The minimum atomic E-state index is -1.83. The van der Waals surface area contributed by atoms with Crippen LogP contribution < -0.4 is 11.5 Å². The van der Waals surface area contributed by atoms with Gasteiger partial charge in [0.1, 0.15) is 0 Å². The SMILES string of the molecule is N=C(N)N.O.O.O.O.O=C(O)O. The number of hydrogen-bond donors (Lipinski definition) is 5. The van der Waals surface area contributed by atoms with Gasteiger partial charge in [-0.05, 0) is 0 Å². The fourth-order valence-corrected chi connectivity index (χ4v) is 0. The number of hydrogen-bond acceptors (Lipinski definition) is 2. The Kier molecular flexibility index (Phi) is 136. The zero-order valence-electron chi connectivity index (χ0n) is 5.96. The zero-order valence-corrected chi connectivity index (χ0v) is 5.96. The summed E-state index contributed by atoms with van der Waals surface area (Å²) in [5, 5.41) is 20.0. The smallest absolute Gasteiger partial charge is 0.450 e. The summed E-state index contributed by atoms with van der Waals surface area (Å²) in [5.41, 5.74) is 8.94. The summed E-state index contributed by atoms with van der Waals surface area (Å²) in [7, 11) is 0. The maximum atomic E-state index is 8.56. The van der Waals surface area contributed by atoms with Gasteiger partial charge in [-0.25, -0.2) is 4.79 Å². The molecule has 0 aromatic rings. The van der Waals surface area contributed by atoms with Gasteiger partial charge in [0.2, 0.25) is 0 Å². The summed E-state index contributed by atoms with van der Waals surface area (Å²) in [5.74, 6) is -0.333. The van der Waals surface area contributed by atoms with Gasteiger partial charge < -0.3 is 43.6 Å². The quantitative estimate of drug-likeness (QED) is 0.188. The van der Waals surface area contributed by atoms with Crippen LogP contribution in [0.1, 0.15) is 0 Å². The van der Waals surface area contributed by atoms with Crippen LogP contribution in [0.2, 0.25) is 0 Å². The summed E-state index contributed by atoms with van der Waals surface area (Å²) in [6, 6.07) is 0. The molecule has 0 aromatic carbocycles. The Labute approximate surface area is 67.1 Å². The van der Waals surface area contributed by atoms with E-state index >= 15 is 0 Å². The largest absolute Gasteiger partial charge is 0.503 e. The maximum Gasteiger partial charge on any atom is 0.503 e. The molecule has 0 aromatic heterocycles. The molecule has 0 unspecified atom stereocenters. The molecule has 0 saturated heterocycles. The van der Waals surface area contributed by atoms with E-state index in [1.807, 2.05) is 0 Å². The molecule has 0 bridgehead atoms. The Morgan fingerprint density at radius 2 is 1.00 bits per heavy atom. The number of carboxylic acid groups (broad SMARTS) is 2. The third-order valence-electron chi connectivity index (χ3n) is 0. The van der Waals surface area contributed by atoms with Crippen molar-refractivity contribution >= 4 is 12.1 Å². The predicted molar refractivity (Wildman–Crippen MR) is 41.2 cm³/mol. The number of nitrogens with two attached hydrogens (primary N) is 2. The van der Waals surface area contributed by atoms with Crippen LogP contribution in [0.5, 0.6) is 0 Å². The predicted octanol–water partition coefficient (Wildman–Crippen LogP) is -4.24. The summed E-state index contributed by atoms with van der Waals surface area (Å²) < 4.78 is 0. The van der Waals surface area contributed by atoms with Gasteiger partial charge in [0.15, 0.2) is 5.96 Å². The molecule has 12 heavy (non-hydrogen) atoms. The van der Waals surface area contributed by atoms with Gasteiger partial charge in [-0.2, -0.15) is 0 Å². The molecule has 80 valence electrons. The van der Waals surface area contributed by atoms with E-state index in [0.717, 1.165) is 0 Å². The van der Waals surface area contributed by atoms with E-state index < -0.39 is 6.16 Å². The lowest BCUT2D eigenvalue weighted by molar-refractivity contribution is 0.137. The highest BCUT2D eigenvalue weighted by Crippen LogP contribution is 1.42. The number of nitrogens with one attached hydrogen (secondary N) is 1. The maximum absolute atomic E-state index is 8.56. The van der Waals surface area contributed by atoms with Crippen molar-refractivity contribution in [3.8, 4) is 0 Å². The molecule has 0 radical (unpaired) electrons. The molecule has 0 aliphatic carbocycles. The molecule has 0 amide bonds. The molecular weight excluding hydrogens is 178 g/mol. The second-order valence-corrected chi connectivity index (χ2v) is 0.738. The first kappa shape index (κ1) is 47.6. The fourth-order valence-electron chi connectivity index (χ4n) is 0. The van der Waals surface area contributed by atoms with Gasteiger partial charge in [-0.3, -0.25) is 5.41 Å². The van der Waals surface area contributed by atoms with Crippen molar-refractivity contribution in [3.63, 3.8) is 0 Å². The molecule has 0 rings (SSSR count). The average molecular weight is 193 g/mol. The van der Waals surface area contributed by atoms with Gasteiger partial charge in [0.25, 0.3) is 0 Å². The first-order valence-corrected chi connectivity index (χ1v) is 1.48. The highest BCUT2D eigenvalue weighted by Gasteiger charge is 1.70. The number of carbonyl (C=O) groups is 1. The van der Waals surface area contributed by atoms with Gasteiger partial charge in [0.05, 0.1) is 0 Å². The highest BCUT2D eigenvalue weighted by atomic mass is 16.6. The lowest BCUT2D eigenvalue weighted by Gasteiger charge is -1.69. The van der Waals surface area contributed by atoms with Crippen molar-refractivity contribution in [3.05, 3.63) is 0 Å². The van der Waals surface area contributed by atoms with Gasteiger partial charge in [0, 0.05) is 0 Å². The van der Waals surface area contributed by atoms with Crippen LogP contribution in [-0.4, -0.2) is 44.2 Å². The Morgan fingerprint density at radius 3 is 1.00 bits per heavy atom. The lowest BCUT2D eigenvalue weighted by Crippen LogP contribution is -2.20. The van der Waals surface area contributed by atoms with Crippen LogP contribution >= 0.6 is 0 Å². The van der Waals surface area contributed by atoms with Gasteiger partial charge >= 0.3 is 6.16 Å². The molecular formula is C2H15N3O7. The second-order valence-electron chi connectivity index (χ2n) is 0.738. The van der Waals surface area contributed by atoms with E-state index in [4.69, 9.17) is 20.4 Å². The third-order valence-corrected chi connectivity index (χ3v) is 0. The van der Waals surface area contributed by atoms with Crippen LogP contribution in [0.15, 0.2) is 0 Å². The minimum absolute atomic E-state index is 0. The molecule has 0 aliphatic heterocycles. The standard InChI is InChI=1S/CH5N3.CH2O3.4H2O/c2*2-1(3)4;;;;/h(H5,2,3,4);(H2,2,3,4);4*1H2. The van der Waals surface area contributed by atoms with E-state index in [1.165, 1.54) is 0 Å². The minimum Gasteiger partial charge on any atom is -0.450 e. The topological polar surface area (TPSA) is 259 Å². The number of guanidine groups is 1. The number of rotatable bonds is 0. The van der Waals surface area contributed by atoms with Gasteiger partial charge in [-0.15, -0.1) is 0 Å². The van der Waals surface area contributed by atoms with Crippen LogP contribution in [-0.2, 0) is 0 Å². The Balaban J connectivity index is -0.0000000112. The first-order chi connectivity index (χ1) is 3.46. The summed E-state index contributed by atoms with van der Waals surface area (Å²) in [6.07, 6.45) is -1.83. The third kappa shape index (κ3) is 174. The molecule has 10 heteroatoms. The van der Waals surface area contributed by atoms with E-state index in [0.29, 0.717) is 0 Å². The first-order valence-electron chi connectivity index (χ1n) is 1.48. The van der Waals surface area contributed by atoms with E-state index in [2.05, 4.69) is 11.5 Å². The normalized spacial score (nSPS) is 4.00. The molecule has 10 nitrogen and oxygen atoms in total. The fraction of sp³-hybridized carbons (Fsp3) is 0. The van der Waals surface area contributed by atoms with Crippen molar-refractivity contribution in [2.75, 3.05) is 0 Å². The highest BCUT2D eigenvalue weighted by molar-refractivity contribution is 5.71. The molecule has 0 aliphatic rings. The van der Waals surface area contributed by atoms with Crippen molar-refractivity contribution in [1.29, 1.82) is 5.41 Å². The Morgan fingerprint density at radius 1 is 1.00 bits per heavy atom. The molecule has 0 saturated carbocycles. The summed E-state index contributed by atoms with van der Waals surface area (Å²) in [6.45, 7) is 0. The molecule has 0 spiro atoms. The van der Waals surface area contributed by atoms with Crippen molar-refractivity contribution in [2.45, 2.75) is 0 Å². The van der Waals surface area contributed by atoms with E-state index in [-0.39, 0.29) is 27.9 Å². The van der Waals surface area contributed by atoms with Crippen molar-refractivity contribution in [2.24, 2.45) is 11.5 Å². The molecule has 0 atom stereocenters. The second kappa shape index (κ2) is 34.3. The average Bonchev–Trinajstić information content (AvgIpc) is 1.25. The van der Waals surface area contributed by atoms with Crippen LogP contribution in [0.25, 0.3) is 0 Å². The Hall–Kier alpha value is -1.62. The van der Waals surface area contributed by atoms with E-state index in [9.17, 15) is 0 Å². The lowest BCUT2D eigenvalue weighted by atomic mass is 11.1. The van der Waals surface area contributed by atoms with Gasteiger partial charge in [-0.1, -0.05) is 0 Å².